The van der Waals surface area contributed by atoms with Gasteiger partial charge in [0.25, 0.3) is 0 Å². The predicted octanol–water partition coefficient (Wildman–Crippen LogP) is 2.17. The summed E-state index contributed by atoms with van der Waals surface area (Å²) in [6, 6.07) is 0.0594. The van der Waals surface area contributed by atoms with E-state index < -0.39 is 35.4 Å². The van der Waals surface area contributed by atoms with Gasteiger partial charge in [-0.05, 0) is 0 Å². The lowest BCUT2D eigenvalue weighted by Crippen LogP contribution is -2.01. The van der Waals surface area contributed by atoms with Crippen LogP contribution in [-0.4, -0.2) is 0 Å². The van der Waals surface area contributed by atoms with Crippen molar-refractivity contribution in [2.45, 2.75) is 6.61 Å². The Morgan fingerprint density at radius 1 is 1.00 bits per heavy atom. The van der Waals surface area contributed by atoms with Gasteiger partial charge >= 0.3 is 0 Å². The minimum absolute atomic E-state index is 0.0594. The molecule has 0 aromatic heterocycles. The highest BCUT2D eigenvalue weighted by atomic mass is 19.2. The second-order valence-electron chi connectivity index (χ2n) is 2.09. The monoisotopic (exact) mass is 179 g/mol. The van der Waals surface area contributed by atoms with Crippen molar-refractivity contribution in [2.75, 3.05) is 0 Å². The van der Waals surface area contributed by atoms with E-state index in [0.29, 0.717) is 0 Å². The van der Waals surface area contributed by atoms with Crippen LogP contribution in [0.15, 0.2) is 6.07 Å². The maximum Gasteiger partial charge on any atom is 0.167 e. The molecule has 1 nitrogen and oxygen atoms in total. The second kappa shape index (κ2) is 3.10. The first-order valence-corrected chi connectivity index (χ1v) is 2.98. The van der Waals surface area contributed by atoms with Gasteiger partial charge in [-0.2, -0.15) is 0 Å². The Kier molecular flexibility index (Phi) is 2.32. The van der Waals surface area contributed by atoms with Gasteiger partial charge in [-0.3, -0.25) is 0 Å². The van der Waals surface area contributed by atoms with E-state index in [1.165, 1.54) is 0 Å². The minimum atomic E-state index is -1.62. The van der Waals surface area contributed by atoms with Gasteiger partial charge in [0.1, 0.15) is 6.61 Å². The zero-order valence-electron chi connectivity index (χ0n) is 5.70. The van der Waals surface area contributed by atoms with Gasteiger partial charge < -0.3 is 0 Å². The van der Waals surface area contributed by atoms with E-state index in [2.05, 4.69) is 0 Å². The van der Waals surface area contributed by atoms with Crippen molar-refractivity contribution >= 4 is 0 Å². The normalized spacial score (nSPS) is 10.4. The van der Waals surface area contributed by atoms with Crippen molar-refractivity contribution in [1.29, 1.82) is 0 Å². The van der Waals surface area contributed by atoms with Crippen LogP contribution in [0.25, 0.3) is 0 Å². The molecule has 0 saturated carbocycles. The number of rotatable bonds is 1. The average molecular weight is 179 g/mol. The Morgan fingerprint density at radius 2 is 1.42 bits per heavy atom. The third-order valence-electron chi connectivity index (χ3n) is 1.35. The zero-order valence-corrected chi connectivity index (χ0v) is 5.70. The third kappa shape index (κ3) is 1.27. The molecule has 0 atom stereocenters. The van der Waals surface area contributed by atoms with Gasteiger partial charge in [0.2, 0.25) is 0 Å². The Hall–Kier alpha value is -1.10. The smallest absolute Gasteiger partial charge is 0.167 e. The number of benzene rings is 1. The van der Waals surface area contributed by atoms with Crippen LogP contribution in [0.5, 0.6) is 0 Å². The van der Waals surface area contributed by atoms with Crippen LogP contribution in [0.3, 0.4) is 0 Å². The fraction of sp³-hybridized carbons (Fsp3) is 0.143. The largest absolute Gasteiger partial charge is 0.231 e. The van der Waals surface area contributed by atoms with Crippen molar-refractivity contribution in [2.24, 2.45) is 0 Å². The summed E-state index contributed by atoms with van der Waals surface area (Å²) in [5, 5.41) is 10.1. The number of halogens is 4. The maximum atomic E-state index is 12.5. The van der Waals surface area contributed by atoms with Gasteiger partial charge in [0, 0.05) is 6.07 Å². The van der Waals surface area contributed by atoms with E-state index in [1.54, 1.807) is 0 Å². The molecule has 1 aromatic rings. The summed E-state index contributed by atoms with van der Waals surface area (Å²) in [7, 11) is 0. The fourth-order valence-electron chi connectivity index (χ4n) is 0.749. The maximum absolute atomic E-state index is 12.5. The first-order valence-electron chi connectivity index (χ1n) is 2.98. The molecule has 0 fully saturated rings. The lowest BCUT2D eigenvalue weighted by molar-refractivity contribution is 0.167. The topological polar surface area (TPSA) is 19.9 Å². The van der Waals surface area contributed by atoms with Crippen LogP contribution in [0.1, 0.15) is 5.56 Å². The van der Waals surface area contributed by atoms with Crippen LogP contribution >= 0.6 is 0 Å². The molecule has 0 bridgehead atoms. The van der Waals surface area contributed by atoms with Crippen molar-refractivity contribution in [3.63, 3.8) is 0 Å². The fourth-order valence-corrected chi connectivity index (χ4v) is 0.749. The molecular weight excluding hydrogens is 176 g/mol. The van der Waals surface area contributed by atoms with Crippen LogP contribution in [0.2, 0.25) is 0 Å². The molecule has 0 spiro atoms. The van der Waals surface area contributed by atoms with Crippen LogP contribution < -0.4 is 0 Å². The highest BCUT2D eigenvalue weighted by molar-refractivity contribution is 5.21. The molecule has 5 heteroatoms. The highest BCUT2D eigenvalue weighted by Gasteiger charge is 2.18. The Bertz CT molecular complexity index is 285. The Balaban J connectivity index is 3.42. The van der Waals surface area contributed by atoms with E-state index in [1.807, 2.05) is 0 Å². The predicted molar refractivity (Wildman–Crippen MR) is 30.7 cm³/mol. The van der Waals surface area contributed by atoms with Gasteiger partial charge in [0.15, 0.2) is 23.3 Å². The summed E-state index contributed by atoms with van der Waals surface area (Å²) < 4.78 is 49.5. The van der Waals surface area contributed by atoms with E-state index >= 15 is 0 Å². The van der Waals surface area contributed by atoms with Gasteiger partial charge in [-0.1, -0.05) is 0 Å². The lowest BCUT2D eigenvalue weighted by atomic mass is 10.2. The summed E-state index contributed by atoms with van der Waals surface area (Å²) in [6.07, 6.45) is 0. The first kappa shape index (κ1) is 8.99. The Labute approximate surface area is 65.3 Å². The first-order chi connectivity index (χ1) is 5.57. The quantitative estimate of drug-likeness (QED) is 0.465. The SMILES string of the molecule is [O]Cc1c(F)c(F)cc(F)c1F. The molecule has 12 heavy (non-hydrogen) atoms. The average Bonchev–Trinajstić information content (AvgIpc) is 2.02. The molecule has 0 amide bonds. The number of hydrogen-bond donors (Lipinski definition) is 0. The molecule has 0 aliphatic rings. The van der Waals surface area contributed by atoms with Crippen LogP contribution in [0.4, 0.5) is 17.6 Å². The van der Waals surface area contributed by atoms with Crippen molar-refractivity contribution in [1.82, 2.24) is 0 Å². The van der Waals surface area contributed by atoms with Crippen molar-refractivity contribution < 1.29 is 22.7 Å². The van der Waals surface area contributed by atoms with Crippen molar-refractivity contribution in [3.05, 3.63) is 34.9 Å². The summed E-state index contributed by atoms with van der Waals surface area (Å²) >= 11 is 0. The summed E-state index contributed by atoms with van der Waals surface area (Å²) in [4.78, 5) is 0. The molecule has 0 saturated heterocycles. The standard InChI is InChI=1S/C7H3F4O/c8-4-1-5(9)7(11)3(2-12)6(4)10/h1H,2H2. The molecule has 1 aromatic carbocycles. The van der Waals surface area contributed by atoms with Crippen LogP contribution in [0, 0.1) is 23.3 Å². The van der Waals surface area contributed by atoms with Crippen molar-refractivity contribution in [3.8, 4) is 0 Å². The van der Waals surface area contributed by atoms with E-state index in [9.17, 15) is 22.7 Å². The van der Waals surface area contributed by atoms with E-state index in [0.717, 1.165) is 0 Å². The summed E-state index contributed by atoms with van der Waals surface area (Å²) in [6.45, 7) is -1.33. The van der Waals surface area contributed by atoms with E-state index in [-0.39, 0.29) is 6.07 Å². The van der Waals surface area contributed by atoms with Gasteiger partial charge in [0.05, 0.1) is 5.56 Å². The summed E-state index contributed by atoms with van der Waals surface area (Å²) in [5.41, 5.74) is -1.10. The third-order valence-corrected chi connectivity index (χ3v) is 1.35. The zero-order chi connectivity index (χ0) is 9.30. The molecule has 1 radical (unpaired) electrons. The molecule has 65 valence electrons. The Morgan fingerprint density at radius 3 is 1.75 bits per heavy atom. The second-order valence-corrected chi connectivity index (χ2v) is 2.09. The molecule has 0 aliphatic heterocycles. The molecule has 0 unspecified atom stereocenters. The summed E-state index contributed by atoms with van der Waals surface area (Å²) in [5.74, 6) is -6.35. The molecule has 1 rings (SSSR count). The highest BCUT2D eigenvalue weighted by Crippen LogP contribution is 2.18. The van der Waals surface area contributed by atoms with Crippen LogP contribution in [-0.2, 0) is 11.7 Å². The van der Waals surface area contributed by atoms with E-state index in [4.69, 9.17) is 0 Å². The molecular formula is C7H3F4O. The number of hydrogen-bond acceptors (Lipinski definition) is 0. The molecule has 0 aliphatic carbocycles. The van der Waals surface area contributed by atoms with Gasteiger partial charge in [-0.15, -0.1) is 0 Å². The lowest BCUT2D eigenvalue weighted by Gasteiger charge is -2.01. The minimum Gasteiger partial charge on any atom is -0.231 e. The molecule has 0 N–H and O–H groups in total. The molecule has 0 heterocycles. The van der Waals surface area contributed by atoms with Gasteiger partial charge in [-0.25, -0.2) is 22.7 Å².